The van der Waals surface area contributed by atoms with E-state index in [9.17, 15) is 14.4 Å². The number of ketones is 1. The number of ether oxygens (including phenoxy) is 2. The summed E-state index contributed by atoms with van der Waals surface area (Å²) in [5.41, 5.74) is 0.326. The van der Waals surface area contributed by atoms with Crippen LogP contribution in [0.5, 0.6) is 11.5 Å². The number of Topliss-reactive ketones (excluding diaryl/α,β-unsaturated/α-hetero) is 1. The average molecular weight is 359 g/mol. The molecule has 0 aliphatic heterocycles. The largest absolute Gasteiger partial charge is 0.493 e. The summed E-state index contributed by atoms with van der Waals surface area (Å²) in [6.07, 6.45) is 2.11. The maximum Gasteiger partial charge on any atom is 0.266 e. The monoisotopic (exact) mass is 359 g/mol. The minimum absolute atomic E-state index is 0.0837. The average Bonchev–Trinajstić information content (AvgIpc) is 2.64. The Bertz CT molecular complexity index is 832. The SMILES string of the molecule is COc1cc(C(C)=O)ccc1OCC(=O)NCCCn1ncccc1=O. The third kappa shape index (κ3) is 5.44. The van der Waals surface area contributed by atoms with Crippen LogP contribution in [0.15, 0.2) is 41.3 Å². The number of hydrogen-bond acceptors (Lipinski definition) is 6. The number of amides is 1. The van der Waals surface area contributed by atoms with E-state index in [1.165, 1.54) is 24.8 Å². The molecule has 26 heavy (non-hydrogen) atoms. The van der Waals surface area contributed by atoms with Crippen molar-refractivity contribution in [3.63, 3.8) is 0 Å². The van der Waals surface area contributed by atoms with Crippen molar-refractivity contribution in [2.75, 3.05) is 20.3 Å². The Morgan fingerprint density at radius 2 is 2.04 bits per heavy atom. The van der Waals surface area contributed by atoms with E-state index in [1.807, 2.05) is 0 Å². The molecule has 1 amide bonds. The lowest BCUT2D eigenvalue weighted by atomic mass is 10.1. The van der Waals surface area contributed by atoms with Gasteiger partial charge in [-0.05, 0) is 37.6 Å². The molecule has 1 aromatic carbocycles. The van der Waals surface area contributed by atoms with Crippen molar-refractivity contribution in [1.29, 1.82) is 0 Å². The molecule has 0 bridgehead atoms. The van der Waals surface area contributed by atoms with Gasteiger partial charge in [-0.3, -0.25) is 14.4 Å². The first-order valence-electron chi connectivity index (χ1n) is 8.12. The van der Waals surface area contributed by atoms with Crippen molar-refractivity contribution < 1.29 is 19.1 Å². The van der Waals surface area contributed by atoms with E-state index in [-0.39, 0.29) is 23.9 Å². The number of carbonyl (C=O) groups excluding carboxylic acids is 2. The van der Waals surface area contributed by atoms with Gasteiger partial charge in [0.05, 0.1) is 7.11 Å². The first-order chi connectivity index (χ1) is 12.5. The number of rotatable bonds is 9. The van der Waals surface area contributed by atoms with Gasteiger partial charge >= 0.3 is 0 Å². The summed E-state index contributed by atoms with van der Waals surface area (Å²) in [6.45, 7) is 2.09. The van der Waals surface area contributed by atoms with Crippen LogP contribution in [0.25, 0.3) is 0 Å². The Hall–Kier alpha value is -3.16. The fraction of sp³-hybridized carbons (Fsp3) is 0.333. The Morgan fingerprint density at radius 3 is 2.73 bits per heavy atom. The minimum Gasteiger partial charge on any atom is -0.493 e. The molecular formula is C18H21N3O5. The number of methoxy groups -OCH3 is 1. The highest BCUT2D eigenvalue weighted by molar-refractivity contribution is 5.94. The number of nitrogens with zero attached hydrogens (tertiary/aromatic N) is 2. The predicted octanol–water partition coefficient (Wildman–Crippen LogP) is 1.04. The van der Waals surface area contributed by atoms with E-state index in [1.54, 1.807) is 30.5 Å². The standard InChI is InChI=1S/C18H21N3O5/c1-13(22)14-6-7-15(16(11-14)25-2)26-12-17(23)19-8-4-10-21-18(24)5-3-9-20-21/h3,5-7,9,11H,4,8,10,12H2,1-2H3,(H,19,23). The molecule has 0 atom stereocenters. The molecule has 0 saturated heterocycles. The molecule has 0 saturated carbocycles. The van der Waals surface area contributed by atoms with Gasteiger partial charge in [0.25, 0.3) is 11.5 Å². The maximum absolute atomic E-state index is 11.9. The van der Waals surface area contributed by atoms with E-state index in [2.05, 4.69) is 10.4 Å². The lowest BCUT2D eigenvalue weighted by Gasteiger charge is -2.11. The van der Waals surface area contributed by atoms with Crippen LogP contribution in [0, 0.1) is 0 Å². The lowest BCUT2D eigenvalue weighted by molar-refractivity contribution is -0.123. The third-order valence-corrected chi connectivity index (χ3v) is 3.58. The van der Waals surface area contributed by atoms with Gasteiger partial charge in [-0.15, -0.1) is 0 Å². The van der Waals surface area contributed by atoms with Crippen molar-refractivity contribution in [3.8, 4) is 11.5 Å². The number of aromatic nitrogens is 2. The van der Waals surface area contributed by atoms with Crippen molar-refractivity contribution in [1.82, 2.24) is 15.1 Å². The third-order valence-electron chi connectivity index (χ3n) is 3.58. The van der Waals surface area contributed by atoms with Crippen LogP contribution < -0.4 is 20.3 Å². The Morgan fingerprint density at radius 1 is 1.23 bits per heavy atom. The van der Waals surface area contributed by atoms with E-state index >= 15 is 0 Å². The molecule has 2 rings (SSSR count). The molecular weight excluding hydrogens is 338 g/mol. The van der Waals surface area contributed by atoms with Crippen LogP contribution in [0.1, 0.15) is 23.7 Å². The van der Waals surface area contributed by atoms with Gasteiger partial charge in [0.1, 0.15) is 0 Å². The van der Waals surface area contributed by atoms with Gasteiger partial charge in [0, 0.05) is 30.9 Å². The summed E-state index contributed by atoms with van der Waals surface area (Å²) in [5.74, 6) is 0.392. The van der Waals surface area contributed by atoms with Crippen molar-refractivity contribution in [2.24, 2.45) is 0 Å². The summed E-state index contributed by atoms with van der Waals surface area (Å²) in [6, 6.07) is 7.79. The molecule has 0 radical (unpaired) electrons. The highest BCUT2D eigenvalue weighted by Crippen LogP contribution is 2.28. The van der Waals surface area contributed by atoms with E-state index < -0.39 is 0 Å². The van der Waals surface area contributed by atoms with Crippen LogP contribution in [-0.4, -0.2) is 41.7 Å². The van der Waals surface area contributed by atoms with Gasteiger partial charge in [-0.1, -0.05) is 0 Å². The topological polar surface area (TPSA) is 99.5 Å². The van der Waals surface area contributed by atoms with Crippen LogP contribution >= 0.6 is 0 Å². The van der Waals surface area contributed by atoms with Gasteiger partial charge in [0.2, 0.25) is 0 Å². The highest BCUT2D eigenvalue weighted by Gasteiger charge is 2.10. The molecule has 1 N–H and O–H groups in total. The molecule has 0 aliphatic rings. The lowest BCUT2D eigenvalue weighted by Crippen LogP contribution is -2.31. The molecule has 2 aromatic rings. The number of hydrogen-bond donors (Lipinski definition) is 1. The summed E-state index contributed by atoms with van der Waals surface area (Å²) in [5, 5.41) is 6.65. The molecule has 8 heteroatoms. The van der Waals surface area contributed by atoms with Crippen LogP contribution in [0.4, 0.5) is 0 Å². The zero-order valence-corrected chi connectivity index (χ0v) is 14.7. The molecule has 138 valence electrons. The zero-order valence-electron chi connectivity index (χ0n) is 14.7. The van der Waals surface area contributed by atoms with E-state index in [0.717, 1.165) is 0 Å². The first-order valence-corrected chi connectivity index (χ1v) is 8.12. The quantitative estimate of drug-likeness (QED) is 0.530. The number of nitrogens with one attached hydrogen (secondary N) is 1. The second-order valence-corrected chi connectivity index (χ2v) is 5.50. The summed E-state index contributed by atoms with van der Waals surface area (Å²) in [4.78, 5) is 34.7. The van der Waals surface area contributed by atoms with Crippen molar-refractivity contribution in [2.45, 2.75) is 19.9 Å². The molecule has 0 aliphatic carbocycles. The van der Waals surface area contributed by atoms with Gasteiger partial charge in [-0.2, -0.15) is 5.10 Å². The van der Waals surface area contributed by atoms with Crippen LogP contribution in [-0.2, 0) is 11.3 Å². The van der Waals surface area contributed by atoms with Crippen molar-refractivity contribution >= 4 is 11.7 Å². The Balaban J connectivity index is 1.77. The molecule has 0 spiro atoms. The number of carbonyl (C=O) groups is 2. The van der Waals surface area contributed by atoms with E-state index in [0.29, 0.717) is 36.6 Å². The predicted molar refractivity (Wildman–Crippen MR) is 94.6 cm³/mol. The second-order valence-electron chi connectivity index (χ2n) is 5.50. The summed E-state index contributed by atoms with van der Waals surface area (Å²) >= 11 is 0. The molecule has 8 nitrogen and oxygen atoms in total. The van der Waals surface area contributed by atoms with Gasteiger partial charge in [-0.25, -0.2) is 4.68 Å². The highest BCUT2D eigenvalue weighted by atomic mass is 16.5. The van der Waals surface area contributed by atoms with Gasteiger partial charge in [0.15, 0.2) is 23.9 Å². The van der Waals surface area contributed by atoms with Crippen molar-refractivity contribution in [3.05, 3.63) is 52.4 Å². The van der Waals surface area contributed by atoms with Gasteiger partial charge < -0.3 is 14.8 Å². The molecule has 1 aromatic heterocycles. The second kappa shape index (κ2) is 9.36. The summed E-state index contributed by atoms with van der Waals surface area (Å²) in [7, 11) is 1.46. The smallest absolute Gasteiger partial charge is 0.266 e. The minimum atomic E-state index is -0.295. The maximum atomic E-state index is 11.9. The van der Waals surface area contributed by atoms with Crippen LogP contribution in [0.2, 0.25) is 0 Å². The fourth-order valence-electron chi connectivity index (χ4n) is 2.21. The van der Waals surface area contributed by atoms with E-state index in [4.69, 9.17) is 9.47 Å². The summed E-state index contributed by atoms with van der Waals surface area (Å²) < 4.78 is 12.0. The molecule has 0 fully saturated rings. The number of aryl methyl sites for hydroxylation is 1. The fourth-order valence-corrected chi connectivity index (χ4v) is 2.21. The molecule has 1 heterocycles. The normalized spacial score (nSPS) is 10.2. The Labute approximate surface area is 150 Å². The van der Waals surface area contributed by atoms with Crippen LogP contribution in [0.3, 0.4) is 0 Å². The Kier molecular flexibility index (Phi) is 6.90. The zero-order chi connectivity index (χ0) is 18.9. The molecule has 0 unspecified atom stereocenters. The number of benzene rings is 1. The first kappa shape index (κ1) is 19.2.